The van der Waals surface area contributed by atoms with E-state index in [2.05, 4.69) is 0 Å². The molecule has 0 radical (unpaired) electrons. The molecule has 0 saturated carbocycles. The molecular weight excluding hydrogens is 172 g/mol. The van der Waals surface area contributed by atoms with Crippen molar-refractivity contribution in [2.24, 2.45) is 5.73 Å². The number of hydrogen-bond donors (Lipinski definition) is 1. The highest BCUT2D eigenvalue weighted by atomic mass is 19.3. The lowest BCUT2D eigenvalue weighted by molar-refractivity contribution is 0.00584. The largest absolute Gasteiger partial charge is 0.325 e. The Hall–Kier alpha value is -0.960. The fraction of sp³-hybridized carbons (Fsp3) is 0.400. The van der Waals surface area contributed by atoms with Gasteiger partial charge in [-0.25, -0.2) is 0 Å². The molecule has 0 atom stereocenters. The zero-order chi connectivity index (χ0) is 10.1. The standard InChI is InChI=1S/C10H13F2N/c1-7-3-8(2)5-9(4-7)10(11,12)6-13/h3-5H,6,13H2,1-2H3. The second-order valence-electron chi connectivity index (χ2n) is 3.28. The lowest BCUT2D eigenvalue weighted by Crippen LogP contribution is -2.25. The van der Waals surface area contributed by atoms with Gasteiger partial charge in [0.2, 0.25) is 0 Å². The number of hydrogen-bond acceptors (Lipinski definition) is 1. The van der Waals surface area contributed by atoms with Gasteiger partial charge in [-0.3, -0.25) is 0 Å². The van der Waals surface area contributed by atoms with Crippen molar-refractivity contribution in [2.75, 3.05) is 6.54 Å². The van der Waals surface area contributed by atoms with E-state index in [9.17, 15) is 8.78 Å². The molecule has 3 heteroatoms. The van der Waals surface area contributed by atoms with Crippen LogP contribution in [0.4, 0.5) is 8.78 Å². The van der Waals surface area contributed by atoms with Crippen LogP contribution in [0.2, 0.25) is 0 Å². The van der Waals surface area contributed by atoms with Crippen molar-refractivity contribution in [1.29, 1.82) is 0 Å². The van der Waals surface area contributed by atoms with Crippen LogP contribution in [0.5, 0.6) is 0 Å². The summed E-state index contributed by atoms with van der Waals surface area (Å²) in [6.45, 7) is 2.95. The van der Waals surface area contributed by atoms with Gasteiger partial charge in [0, 0.05) is 5.56 Å². The number of rotatable bonds is 2. The van der Waals surface area contributed by atoms with Gasteiger partial charge in [-0.15, -0.1) is 0 Å². The Morgan fingerprint density at radius 3 is 2.00 bits per heavy atom. The molecule has 72 valence electrons. The van der Waals surface area contributed by atoms with E-state index < -0.39 is 12.5 Å². The zero-order valence-electron chi connectivity index (χ0n) is 7.77. The van der Waals surface area contributed by atoms with Crippen molar-refractivity contribution in [3.63, 3.8) is 0 Å². The van der Waals surface area contributed by atoms with Crippen molar-refractivity contribution in [3.8, 4) is 0 Å². The van der Waals surface area contributed by atoms with Crippen molar-refractivity contribution in [3.05, 3.63) is 34.9 Å². The van der Waals surface area contributed by atoms with E-state index in [1.807, 2.05) is 6.07 Å². The van der Waals surface area contributed by atoms with Crippen molar-refractivity contribution in [1.82, 2.24) is 0 Å². The fourth-order valence-electron chi connectivity index (χ4n) is 1.30. The third-order valence-electron chi connectivity index (χ3n) is 1.90. The van der Waals surface area contributed by atoms with Gasteiger partial charge < -0.3 is 5.73 Å². The molecule has 0 heterocycles. The monoisotopic (exact) mass is 185 g/mol. The highest BCUT2D eigenvalue weighted by Crippen LogP contribution is 2.27. The van der Waals surface area contributed by atoms with Crippen LogP contribution < -0.4 is 5.73 Å². The minimum Gasteiger partial charge on any atom is -0.325 e. The molecule has 0 aliphatic carbocycles. The van der Waals surface area contributed by atoms with Gasteiger partial charge in [0.25, 0.3) is 5.92 Å². The topological polar surface area (TPSA) is 26.0 Å². The Labute approximate surface area is 76.6 Å². The Kier molecular flexibility index (Phi) is 2.66. The maximum atomic E-state index is 13.1. The summed E-state index contributed by atoms with van der Waals surface area (Å²) in [4.78, 5) is 0. The fourth-order valence-corrected chi connectivity index (χ4v) is 1.30. The van der Waals surface area contributed by atoms with Crippen LogP contribution in [0.3, 0.4) is 0 Å². The number of benzene rings is 1. The second kappa shape index (κ2) is 3.42. The smallest absolute Gasteiger partial charge is 0.285 e. The number of aryl methyl sites for hydroxylation is 2. The molecule has 0 aliphatic heterocycles. The lowest BCUT2D eigenvalue weighted by Gasteiger charge is -2.15. The van der Waals surface area contributed by atoms with E-state index in [1.54, 1.807) is 13.8 Å². The van der Waals surface area contributed by atoms with Crippen molar-refractivity contribution in [2.45, 2.75) is 19.8 Å². The average molecular weight is 185 g/mol. The number of halogens is 2. The van der Waals surface area contributed by atoms with Crippen LogP contribution in [-0.2, 0) is 5.92 Å². The Morgan fingerprint density at radius 2 is 1.62 bits per heavy atom. The molecule has 0 amide bonds. The van der Waals surface area contributed by atoms with Crippen LogP contribution in [0.1, 0.15) is 16.7 Å². The summed E-state index contributed by atoms with van der Waals surface area (Å²) in [5.74, 6) is -2.91. The van der Waals surface area contributed by atoms with Gasteiger partial charge >= 0.3 is 0 Å². The third-order valence-corrected chi connectivity index (χ3v) is 1.90. The first kappa shape index (κ1) is 10.1. The highest BCUT2D eigenvalue weighted by Gasteiger charge is 2.29. The van der Waals surface area contributed by atoms with Gasteiger partial charge in [0.05, 0.1) is 6.54 Å². The number of nitrogens with two attached hydrogens (primary N) is 1. The van der Waals surface area contributed by atoms with Crippen LogP contribution in [-0.4, -0.2) is 6.54 Å². The summed E-state index contributed by atoms with van der Waals surface area (Å²) in [7, 11) is 0. The van der Waals surface area contributed by atoms with Crippen LogP contribution in [0, 0.1) is 13.8 Å². The first-order chi connectivity index (χ1) is 5.95. The molecule has 1 nitrogen and oxygen atoms in total. The highest BCUT2D eigenvalue weighted by molar-refractivity contribution is 5.31. The van der Waals surface area contributed by atoms with Crippen LogP contribution in [0.15, 0.2) is 18.2 Å². The molecule has 1 rings (SSSR count). The summed E-state index contributed by atoms with van der Waals surface area (Å²) < 4.78 is 26.2. The van der Waals surface area contributed by atoms with Crippen molar-refractivity contribution >= 4 is 0 Å². The predicted octanol–water partition coefficient (Wildman–Crippen LogP) is 2.35. The van der Waals surface area contributed by atoms with E-state index in [-0.39, 0.29) is 5.56 Å². The normalized spacial score (nSPS) is 11.8. The third kappa shape index (κ3) is 2.25. The molecule has 1 aromatic rings. The summed E-state index contributed by atoms with van der Waals surface area (Å²) in [5, 5.41) is 0. The number of alkyl halides is 2. The molecule has 0 fully saturated rings. The minimum absolute atomic E-state index is 0.00694. The summed E-state index contributed by atoms with van der Waals surface area (Å²) in [5.41, 5.74) is 6.67. The summed E-state index contributed by atoms with van der Waals surface area (Å²) in [6, 6.07) is 4.80. The SMILES string of the molecule is Cc1cc(C)cc(C(F)(F)CN)c1. The zero-order valence-corrected chi connectivity index (χ0v) is 7.77. The van der Waals surface area contributed by atoms with Gasteiger partial charge in [0.1, 0.15) is 0 Å². The van der Waals surface area contributed by atoms with Gasteiger partial charge in [-0.05, 0) is 13.8 Å². The molecule has 13 heavy (non-hydrogen) atoms. The molecule has 0 spiro atoms. The molecule has 2 N–H and O–H groups in total. The second-order valence-corrected chi connectivity index (χ2v) is 3.28. The molecule has 0 bridgehead atoms. The van der Waals surface area contributed by atoms with Gasteiger partial charge in [-0.1, -0.05) is 29.3 Å². The van der Waals surface area contributed by atoms with E-state index in [1.165, 1.54) is 12.1 Å². The minimum atomic E-state index is -2.91. The Balaban J connectivity index is 3.15. The molecule has 0 saturated heterocycles. The quantitative estimate of drug-likeness (QED) is 0.752. The molecule has 0 unspecified atom stereocenters. The maximum absolute atomic E-state index is 13.1. The van der Waals surface area contributed by atoms with Gasteiger partial charge in [0.15, 0.2) is 0 Å². The maximum Gasteiger partial charge on any atom is 0.285 e. The lowest BCUT2D eigenvalue weighted by atomic mass is 10.0. The summed E-state index contributed by atoms with van der Waals surface area (Å²) >= 11 is 0. The first-order valence-corrected chi connectivity index (χ1v) is 4.12. The average Bonchev–Trinajstić information content (AvgIpc) is 2.02. The molecular formula is C10H13F2N. The first-order valence-electron chi connectivity index (χ1n) is 4.12. The molecule has 1 aromatic carbocycles. The predicted molar refractivity (Wildman–Crippen MR) is 48.9 cm³/mol. The van der Waals surface area contributed by atoms with E-state index in [4.69, 9.17) is 5.73 Å². The molecule has 0 aliphatic rings. The molecule has 0 aromatic heterocycles. The van der Waals surface area contributed by atoms with E-state index >= 15 is 0 Å². The van der Waals surface area contributed by atoms with E-state index in [0.29, 0.717) is 0 Å². The van der Waals surface area contributed by atoms with Crippen molar-refractivity contribution < 1.29 is 8.78 Å². The van der Waals surface area contributed by atoms with Crippen LogP contribution in [0.25, 0.3) is 0 Å². The Morgan fingerprint density at radius 1 is 1.15 bits per heavy atom. The Bertz CT molecular complexity index is 288. The van der Waals surface area contributed by atoms with E-state index in [0.717, 1.165) is 11.1 Å². The van der Waals surface area contributed by atoms with Crippen LogP contribution >= 0.6 is 0 Å². The van der Waals surface area contributed by atoms with Gasteiger partial charge in [-0.2, -0.15) is 8.78 Å². The summed E-state index contributed by atoms with van der Waals surface area (Å²) in [6.07, 6.45) is 0.